The summed E-state index contributed by atoms with van der Waals surface area (Å²) in [4.78, 5) is 0. The Hall–Kier alpha value is -0.720. The van der Waals surface area contributed by atoms with Crippen LogP contribution in [0.25, 0.3) is 0 Å². The molecular weight excluding hydrogens is 172 g/mol. The van der Waals surface area contributed by atoms with Crippen molar-refractivity contribution in [3.63, 3.8) is 0 Å². The van der Waals surface area contributed by atoms with E-state index >= 15 is 0 Å². The molecule has 0 saturated carbocycles. The lowest BCUT2D eigenvalue weighted by molar-refractivity contribution is 0.473. The predicted molar refractivity (Wildman–Crippen MR) is 63.5 cm³/mol. The summed E-state index contributed by atoms with van der Waals surface area (Å²) in [6.45, 7) is 2.25. The second kappa shape index (κ2) is 12.3. The van der Waals surface area contributed by atoms with Crippen molar-refractivity contribution in [3.8, 4) is 0 Å². The molecule has 0 spiro atoms. The first-order chi connectivity index (χ1) is 6.91. The molecule has 0 aromatic heterocycles. The van der Waals surface area contributed by atoms with E-state index in [1.165, 1.54) is 44.9 Å². The van der Waals surface area contributed by atoms with Gasteiger partial charge in [0, 0.05) is 0 Å². The van der Waals surface area contributed by atoms with Gasteiger partial charge in [-0.2, -0.15) is 0 Å². The zero-order chi connectivity index (χ0) is 10.5. The van der Waals surface area contributed by atoms with Gasteiger partial charge in [-0.15, -0.1) is 0 Å². The van der Waals surface area contributed by atoms with Crippen molar-refractivity contribution in [2.75, 3.05) is 0 Å². The third-order valence-corrected chi connectivity index (χ3v) is 2.31. The third-order valence-electron chi connectivity index (χ3n) is 2.31. The summed E-state index contributed by atoms with van der Waals surface area (Å²) >= 11 is 0. The summed E-state index contributed by atoms with van der Waals surface area (Å²) in [5.74, 6) is 0. The fourth-order valence-electron chi connectivity index (χ4n) is 1.44. The van der Waals surface area contributed by atoms with E-state index < -0.39 is 0 Å². The summed E-state index contributed by atoms with van der Waals surface area (Å²) < 4.78 is 0. The fourth-order valence-corrected chi connectivity index (χ4v) is 1.44. The van der Waals surface area contributed by atoms with Crippen molar-refractivity contribution in [2.45, 2.75) is 58.3 Å². The highest BCUT2D eigenvalue weighted by molar-refractivity contribution is 4.98. The largest absolute Gasteiger partial charge is 0.516 e. The van der Waals surface area contributed by atoms with Crippen molar-refractivity contribution in [2.24, 2.45) is 0 Å². The minimum atomic E-state index is 1.07. The maximum absolute atomic E-state index is 8.36. The van der Waals surface area contributed by atoms with Gasteiger partial charge in [0.1, 0.15) is 0 Å². The molecule has 0 heterocycles. The van der Waals surface area contributed by atoms with E-state index in [4.69, 9.17) is 5.11 Å². The van der Waals surface area contributed by atoms with Gasteiger partial charge in [-0.25, -0.2) is 0 Å². The molecule has 1 heteroatoms. The van der Waals surface area contributed by atoms with Crippen molar-refractivity contribution in [3.05, 3.63) is 24.5 Å². The Morgan fingerprint density at radius 2 is 1.50 bits per heavy atom. The molecule has 0 aliphatic rings. The van der Waals surface area contributed by atoms with Crippen molar-refractivity contribution in [1.82, 2.24) is 0 Å². The minimum Gasteiger partial charge on any atom is -0.516 e. The molecule has 0 aliphatic carbocycles. The highest BCUT2D eigenvalue weighted by Gasteiger charge is 1.88. The van der Waals surface area contributed by atoms with Gasteiger partial charge in [-0.3, -0.25) is 0 Å². The number of hydrogen-bond acceptors (Lipinski definition) is 1. The second-order valence-electron chi connectivity index (χ2n) is 3.68. The summed E-state index contributed by atoms with van der Waals surface area (Å²) in [5, 5.41) is 8.36. The Balaban J connectivity index is 2.98. The van der Waals surface area contributed by atoms with Gasteiger partial charge in [0.2, 0.25) is 0 Å². The van der Waals surface area contributed by atoms with Crippen LogP contribution < -0.4 is 0 Å². The highest BCUT2D eigenvalue weighted by atomic mass is 16.2. The number of allylic oxidation sites excluding steroid dienone is 3. The van der Waals surface area contributed by atoms with Crippen LogP contribution in [0.15, 0.2) is 24.5 Å². The van der Waals surface area contributed by atoms with E-state index in [1.54, 1.807) is 6.08 Å². The van der Waals surface area contributed by atoms with Crippen LogP contribution in [0.2, 0.25) is 0 Å². The van der Waals surface area contributed by atoms with Gasteiger partial charge in [0.25, 0.3) is 0 Å². The van der Waals surface area contributed by atoms with Gasteiger partial charge < -0.3 is 5.11 Å². The molecule has 0 saturated heterocycles. The van der Waals surface area contributed by atoms with E-state index in [-0.39, 0.29) is 0 Å². The van der Waals surface area contributed by atoms with E-state index in [0.29, 0.717) is 0 Å². The standard InChI is InChI=1S/C13H24O/c1-2-3-4-5-6-7-8-9-10-11-12-13-14/h10-14H,2-9H2,1H3. The molecule has 0 radical (unpaired) electrons. The molecule has 82 valence electrons. The second-order valence-corrected chi connectivity index (χ2v) is 3.68. The fraction of sp³-hybridized carbons (Fsp3) is 0.692. The lowest BCUT2D eigenvalue weighted by Crippen LogP contribution is -1.78. The molecule has 0 rings (SSSR count). The van der Waals surface area contributed by atoms with Crippen molar-refractivity contribution in [1.29, 1.82) is 0 Å². The Bertz CT molecular complexity index is 147. The zero-order valence-electron chi connectivity index (χ0n) is 9.41. The summed E-state index contributed by atoms with van der Waals surface area (Å²) in [6.07, 6.45) is 17.4. The Morgan fingerprint density at radius 3 is 2.14 bits per heavy atom. The van der Waals surface area contributed by atoms with Crippen LogP contribution in [0, 0.1) is 0 Å². The number of rotatable bonds is 9. The molecule has 0 amide bonds. The number of hydrogen-bond donors (Lipinski definition) is 1. The lowest BCUT2D eigenvalue weighted by Gasteiger charge is -1.98. The van der Waals surface area contributed by atoms with E-state index in [0.717, 1.165) is 12.7 Å². The minimum absolute atomic E-state index is 1.07. The molecule has 0 aliphatic heterocycles. The van der Waals surface area contributed by atoms with E-state index in [2.05, 4.69) is 13.0 Å². The first kappa shape index (κ1) is 13.3. The normalized spacial score (nSPS) is 11.8. The predicted octanol–water partition coefficient (Wildman–Crippen LogP) is 4.76. The van der Waals surface area contributed by atoms with Gasteiger partial charge in [-0.1, -0.05) is 57.6 Å². The highest BCUT2D eigenvalue weighted by Crippen LogP contribution is 2.08. The lowest BCUT2D eigenvalue weighted by atomic mass is 10.1. The molecule has 0 atom stereocenters. The van der Waals surface area contributed by atoms with Crippen LogP contribution in [0.4, 0.5) is 0 Å². The Kier molecular flexibility index (Phi) is 11.6. The molecule has 0 aromatic carbocycles. The molecule has 0 unspecified atom stereocenters. The maximum atomic E-state index is 8.36. The van der Waals surface area contributed by atoms with Crippen LogP contribution in [0.3, 0.4) is 0 Å². The number of unbranched alkanes of at least 4 members (excludes halogenated alkanes) is 7. The molecule has 0 bridgehead atoms. The average molecular weight is 196 g/mol. The van der Waals surface area contributed by atoms with Crippen LogP contribution in [0.5, 0.6) is 0 Å². The van der Waals surface area contributed by atoms with Crippen molar-refractivity contribution >= 4 is 0 Å². The molecule has 0 aromatic rings. The Morgan fingerprint density at radius 1 is 0.857 bits per heavy atom. The molecular formula is C13H24O. The SMILES string of the molecule is CCCCCCCCCC=CC=CO. The van der Waals surface area contributed by atoms with Gasteiger partial charge in [-0.05, 0) is 18.9 Å². The Labute approximate surface area is 88.5 Å². The first-order valence-electron chi connectivity index (χ1n) is 5.87. The summed E-state index contributed by atoms with van der Waals surface area (Å²) in [6, 6.07) is 0. The van der Waals surface area contributed by atoms with Gasteiger partial charge in [0.15, 0.2) is 0 Å². The summed E-state index contributed by atoms with van der Waals surface area (Å²) in [7, 11) is 0. The quantitative estimate of drug-likeness (QED) is 0.320. The molecule has 1 N–H and O–H groups in total. The van der Waals surface area contributed by atoms with Crippen molar-refractivity contribution < 1.29 is 5.11 Å². The average Bonchev–Trinajstić information content (AvgIpc) is 2.21. The third kappa shape index (κ3) is 11.3. The maximum Gasteiger partial charge on any atom is 0.0791 e. The van der Waals surface area contributed by atoms with Crippen LogP contribution in [0.1, 0.15) is 58.3 Å². The van der Waals surface area contributed by atoms with E-state index in [9.17, 15) is 0 Å². The summed E-state index contributed by atoms with van der Waals surface area (Å²) in [5.41, 5.74) is 0. The first-order valence-corrected chi connectivity index (χ1v) is 5.87. The molecule has 0 fully saturated rings. The van der Waals surface area contributed by atoms with Crippen LogP contribution >= 0.6 is 0 Å². The number of aliphatic hydroxyl groups is 1. The number of aliphatic hydroxyl groups excluding tert-OH is 1. The van der Waals surface area contributed by atoms with Gasteiger partial charge in [0.05, 0.1) is 6.26 Å². The molecule has 14 heavy (non-hydrogen) atoms. The monoisotopic (exact) mass is 196 g/mol. The van der Waals surface area contributed by atoms with E-state index in [1.807, 2.05) is 6.08 Å². The van der Waals surface area contributed by atoms with Crippen LogP contribution in [-0.2, 0) is 0 Å². The molecule has 1 nitrogen and oxygen atoms in total. The van der Waals surface area contributed by atoms with Crippen LogP contribution in [-0.4, -0.2) is 5.11 Å². The zero-order valence-corrected chi connectivity index (χ0v) is 9.41. The topological polar surface area (TPSA) is 20.2 Å². The van der Waals surface area contributed by atoms with Gasteiger partial charge >= 0.3 is 0 Å². The smallest absolute Gasteiger partial charge is 0.0791 e.